The van der Waals surface area contributed by atoms with Crippen LogP contribution in [0, 0.1) is 17.0 Å². The van der Waals surface area contributed by atoms with Crippen LogP contribution in [0.1, 0.15) is 11.3 Å². The third-order valence-corrected chi connectivity index (χ3v) is 2.65. The molecule has 0 aliphatic rings. The van der Waals surface area contributed by atoms with Gasteiger partial charge in [0.05, 0.1) is 4.92 Å². The Hall–Kier alpha value is -2.70. The molecular weight excluding hydrogens is 260 g/mol. The molecule has 0 saturated heterocycles. The maximum Gasteiger partial charge on any atom is 0.352 e. The maximum absolute atomic E-state index is 11.1. The zero-order valence-corrected chi connectivity index (χ0v) is 11.2. The molecule has 1 aromatic heterocycles. The van der Waals surface area contributed by atoms with Crippen LogP contribution in [0.15, 0.2) is 30.3 Å². The molecule has 1 heterocycles. The largest absolute Gasteiger partial charge is 0.468 e. The summed E-state index contributed by atoms with van der Waals surface area (Å²) >= 11 is 0. The maximum atomic E-state index is 11.1. The summed E-state index contributed by atoms with van der Waals surface area (Å²) in [7, 11) is 1.64. The highest BCUT2D eigenvalue weighted by molar-refractivity contribution is 5.48. The number of nitrogens with zero attached hydrogens (tertiary/aromatic N) is 3. The monoisotopic (exact) mass is 274 g/mol. The first-order chi connectivity index (χ1) is 9.61. The van der Waals surface area contributed by atoms with Crippen molar-refractivity contribution in [1.82, 2.24) is 9.97 Å². The Morgan fingerprint density at radius 2 is 2.00 bits per heavy atom. The van der Waals surface area contributed by atoms with E-state index in [0.29, 0.717) is 0 Å². The van der Waals surface area contributed by atoms with Crippen LogP contribution in [0.4, 0.5) is 11.6 Å². The lowest BCUT2D eigenvalue weighted by atomic mass is 10.2. The van der Waals surface area contributed by atoms with E-state index in [2.05, 4.69) is 15.3 Å². The molecule has 1 aromatic carbocycles. The highest BCUT2D eigenvalue weighted by Crippen LogP contribution is 2.29. The first kappa shape index (κ1) is 13.7. The zero-order valence-electron chi connectivity index (χ0n) is 11.2. The number of aromatic nitrogens is 2. The molecule has 0 atom stereocenters. The van der Waals surface area contributed by atoms with E-state index in [1.165, 1.54) is 0 Å². The number of ether oxygens (including phenoxy) is 1. The summed E-state index contributed by atoms with van der Waals surface area (Å²) in [6.07, 6.45) is 0. The number of hydrogen-bond acceptors (Lipinski definition) is 6. The van der Waals surface area contributed by atoms with Gasteiger partial charge < -0.3 is 10.1 Å². The van der Waals surface area contributed by atoms with Crippen LogP contribution >= 0.6 is 0 Å². The summed E-state index contributed by atoms with van der Waals surface area (Å²) in [6, 6.07) is 9.38. The number of nitrogens with one attached hydrogen (secondary N) is 1. The van der Waals surface area contributed by atoms with Gasteiger partial charge in [-0.2, -0.15) is 4.98 Å². The lowest BCUT2D eigenvalue weighted by Gasteiger charge is -2.08. The van der Waals surface area contributed by atoms with Crippen molar-refractivity contribution in [2.45, 2.75) is 13.5 Å². The molecule has 0 fully saturated rings. The summed E-state index contributed by atoms with van der Waals surface area (Å²) in [5.74, 6) is 0.256. The van der Waals surface area contributed by atoms with E-state index in [1.807, 2.05) is 30.3 Å². The van der Waals surface area contributed by atoms with Crippen LogP contribution in [-0.4, -0.2) is 21.9 Å². The van der Waals surface area contributed by atoms with Gasteiger partial charge in [-0.05, 0) is 12.5 Å². The Morgan fingerprint density at radius 3 is 2.60 bits per heavy atom. The molecule has 7 nitrogen and oxygen atoms in total. The molecule has 0 aliphatic carbocycles. The topological polar surface area (TPSA) is 90.2 Å². The first-order valence-corrected chi connectivity index (χ1v) is 5.99. The van der Waals surface area contributed by atoms with E-state index < -0.39 is 4.92 Å². The number of aryl methyl sites for hydroxylation is 1. The first-order valence-electron chi connectivity index (χ1n) is 5.99. The molecule has 0 bridgehead atoms. The van der Waals surface area contributed by atoms with Gasteiger partial charge in [-0.15, -0.1) is 0 Å². The van der Waals surface area contributed by atoms with Crippen LogP contribution in [0.25, 0.3) is 0 Å². The van der Waals surface area contributed by atoms with Gasteiger partial charge in [-0.25, -0.2) is 4.98 Å². The number of hydrogen-bond donors (Lipinski definition) is 1. The lowest BCUT2D eigenvalue weighted by Crippen LogP contribution is -2.07. The smallest absolute Gasteiger partial charge is 0.352 e. The van der Waals surface area contributed by atoms with Gasteiger partial charge in [0.1, 0.15) is 12.3 Å². The van der Waals surface area contributed by atoms with Crippen molar-refractivity contribution in [2.24, 2.45) is 0 Å². The zero-order chi connectivity index (χ0) is 14.5. The molecule has 0 aliphatic heterocycles. The molecular formula is C13H14N4O3. The molecule has 0 radical (unpaired) electrons. The Balaban J connectivity index is 2.29. The standard InChI is InChI=1S/C13H14N4O3/c1-9-11(17(18)19)12(16-13(14-2)15-9)20-8-10-6-4-3-5-7-10/h3-7H,8H2,1-2H3,(H,14,15,16). The third-order valence-electron chi connectivity index (χ3n) is 2.65. The SMILES string of the molecule is CNc1nc(C)c([N+](=O)[O-])c(OCc2ccccc2)n1. The Labute approximate surface area is 115 Å². The van der Waals surface area contributed by atoms with E-state index in [4.69, 9.17) is 4.74 Å². The van der Waals surface area contributed by atoms with Gasteiger partial charge >= 0.3 is 5.69 Å². The van der Waals surface area contributed by atoms with Crippen molar-refractivity contribution >= 4 is 11.6 Å². The molecule has 0 amide bonds. The van der Waals surface area contributed by atoms with Crippen molar-refractivity contribution in [3.05, 3.63) is 51.7 Å². The van der Waals surface area contributed by atoms with Gasteiger partial charge in [0.15, 0.2) is 0 Å². The summed E-state index contributed by atoms with van der Waals surface area (Å²) in [4.78, 5) is 18.5. The fraction of sp³-hybridized carbons (Fsp3) is 0.231. The summed E-state index contributed by atoms with van der Waals surface area (Å²) < 4.78 is 5.48. The predicted molar refractivity (Wildman–Crippen MR) is 73.7 cm³/mol. The van der Waals surface area contributed by atoms with Crippen LogP contribution in [0.2, 0.25) is 0 Å². The summed E-state index contributed by atoms with van der Waals surface area (Å²) in [6.45, 7) is 1.76. The molecule has 7 heteroatoms. The van der Waals surface area contributed by atoms with E-state index in [-0.39, 0.29) is 29.8 Å². The van der Waals surface area contributed by atoms with Crippen molar-refractivity contribution in [1.29, 1.82) is 0 Å². The Bertz CT molecular complexity index is 617. The molecule has 0 saturated carbocycles. The molecule has 0 unspecified atom stereocenters. The van der Waals surface area contributed by atoms with Crippen molar-refractivity contribution in [3.63, 3.8) is 0 Å². The second kappa shape index (κ2) is 5.96. The quantitative estimate of drug-likeness (QED) is 0.664. The van der Waals surface area contributed by atoms with Crippen LogP contribution in [-0.2, 0) is 6.61 Å². The highest BCUT2D eigenvalue weighted by atomic mass is 16.6. The Morgan fingerprint density at radius 1 is 1.30 bits per heavy atom. The average Bonchev–Trinajstić information content (AvgIpc) is 2.45. The minimum atomic E-state index is -0.533. The third kappa shape index (κ3) is 3.00. The van der Waals surface area contributed by atoms with Crippen molar-refractivity contribution < 1.29 is 9.66 Å². The molecule has 104 valence electrons. The molecule has 2 aromatic rings. The second-order valence-corrected chi connectivity index (χ2v) is 4.07. The minimum absolute atomic E-state index is 0.0318. The van der Waals surface area contributed by atoms with Gasteiger partial charge in [-0.1, -0.05) is 30.3 Å². The van der Waals surface area contributed by atoms with E-state index in [0.717, 1.165) is 5.56 Å². The fourth-order valence-electron chi connectivity index (χ4n) is 1.69. The van der Waals surface area contributed by atoms with Crippen LogP contribution < -0.4 is 10.1 Å². The fourth-order valence-corrected chi connectivity index (χ4v) is 1.69. The number of benzene rings is 1. The number of anilines is 1. The van der Waals surface area contributed by atoms with Crippen LogP contribution in [0.3, 0.4) is 0 Å². The molecule has 0 spiro atoms. The lowest BCUT2D eigenvalue weighted by molar-refractivity contribution is -0.387. The normalized spacial score (nSPS) is 10.1. The predicted octanol–water partition coefficient (Wildman–Crippen LogP) is 2.31. The van der Waals surface area contributed by atoms with Gasteiger partial charge in [0.2, 0.25) is 5.95 Å². The summed E-state index contributed by atoms with van der Waals surface area (Å²) in [5.41, 5.74) is 0.960. The van der Waals surface area contributed by atoms with Crippen molar-refractivity contribution in [2.75, 3.05) is 12.4 Å². The van der Waals surface area contributed by atoms with E-state index in [1.54, 1.807) is 14.0 Å². The highest BCUT2D eigenvalue weighted by Gasteiger charge is 2.23. The number of rotatable bonds is 5. The molecule has 1 N–H and O–H groups in total. The van der Waals surface area contributed by atoms with Gasteiger partial charge in [-0.3, -0.25) is 10.1 Å². The number of nitro groups is 1. The Kier molecular flexibility index (Phi) is 4.09. The average molecular weight is 274 g/mol. The van der Waals surface area contributed by atoms with Crippen molar-refractivity contribution in [3.8, 4) is 5.88 Å². The molecule has 20 heavy (non-hydrogen) atoms. The van der Waals surface area contributed by atoms with E-state index in [9.17, 15) is 10.1 Å². The van der Waals surface area contributed by atoms with Gasteiger partial charge in [0.25, 0.3) is 5.88 Å². The van der Waals surface area contributed by atoms with E-state index >= 15 is 0 Å². The van der Waals surface area contributed by atoms with Gasteiger partial charge in [0, 0.05) is 7.05 Å². The summed E-state index contributed by atoms with van der Waals surface area (Å²) in [5, 5.41) is 13.8. The minimum Gasteiger partial charge on any atom is -0.468 e. The van der Waals surface area contributed by atoms with Crippen LogP contribution in [0.5, 0.6) is 5.88 Å². The second-order valence-electron chi connectivity index (χ2n) is 4.07. The molecule has 2 rings (SSSR count).